The van der Waals surface area contributed by atoms with Crippen LogP contribution in [0.5, 0.6) is 0 Å². The Kier molecular flexibility index (Phi) is 4.60. The molecule has 2 aliphatic heterocycles. The molecule has 8 nitrogen and oxygen atoms in total. The van der Waals surface area contributed by atoms with Gasteiger partial charge in [0, 0.05) is 0 Å². The van der Waals surface area contributed by atoms with Crippen molar-refractivity contribution >= 4 is 16.4 Å². The molecule has 2 aromatic rings. The molecule has 0 radical (unpaired) electrons. The first-order valence-electron chi connectivity index (χ1n) is 8.41. The summed E-state index contributed by atoms with van der Waals surface area (Å²) >= 11 is 0. The molecule has 0 saturated carbocycles. The molecule has 2 aromatic carbocycles. The quantitative estimate of drug-likeness (QED) is 0.761. The van der Waals surface area contributed by atoms with Crippen molar-refractivity contribution in [3.05, 3.63) is 71.3 Å². The summed E-state index contributed by atoms with van der Waals surface area (Å²) in [6.45, 7) is 0.908. The van der Waals surface area contributed by atoms with Crippen LogP contribution in [0.3, 0.4) is 0 Å². The summed E-state index contributed by atoms with van der Waals surface area (Å²) in [7, 11) is -4.80. The number of hydrogen-bond acceptors (Lipinski definition) is 5. The number of nitrogens with zero attached hydrogens (tertiary/aromatic N) is 2. The van der Waals surface area contributed by atoms with E-state index in [0.717, 1.165) is 16.7 Å². The number of hydrogen-bond donors (Lipinski definition) is 1. The van der Waals surface area contributed by atoms with Crippen molar-refractivity contribution in [1.82, 2.24) is 9.96 Å². The van der Waals surface area contributed by atoms with E-state index in [9.17, 15) is 13.2 Å². The van der Waals surface area contributed by atoms with Gasteiger partial charge in [-0.15, -0.1) is 4.28 Å². The minimum absolute atomic E-state index is 0.254. The highest BCUT2D eigenvalue weighted by atomic mass is 32.3. The molecule has 2 bridgehead atoms. The Morgan fingerprint density at radius 1 is 1.04 bits per heavy atom. The van der Waals surface area contributed by atoms with Crippen molar-refractivity contribution in [2.75, 3.05) is 13.2 Å². The monoisotopic (exact) mass is 390 g/mol. The number of amides is 2. The number of carbonyl (C=O) groups excluding carboxylic acids is 1. The number of fused-ring (bicyclic) bond motifs is 4. The summed E-state index contributed by atoms with van der Waals surface area (Å²) in [5.74, 6) is 0. The van der Waals surface area contributed by atoms with Crippen LogP contribution in [0, 0.1) is 0 Å². The molecule has 2 atom stereocenters. The van der Waals surface area contributed by atoms with Gasteiger partial charge in [-0.2, -0.15) is 13.5 Å². The van der Waals surface area contributed by atoms with Gasteiger partial charge in [-0.1, -0.05) is 54.6 Å². The van der Waals surface area contributed by atoms with Crippen LogP contribution in [-0.2, 0) is 26.0 Å². The Bertz CT molecular complexity index is 949. The Hall–Kier alpha value is -2.46. The fourth-order valence-electron chi connectivity index (χ4n) is 3.60. The number of benzene rings is 2. The number of urea groups is 1. The molecular weight excluding hydrogens is 372 g/mol. The lowest BCUT2D eigenvalue weighted by Gasteiger charge is -2.32. The molecule has 0 unspecified atom stereocenters. The average Bonchev–Trinajstić information content (AvgIpc) is 2.91. The van der Waals surface area contributed by atoms with Crippen molar-refractivity contribution in [3.8, 4) is 0 Å². The minimum Gasteiger partial charge on any atom is -0.374 e. The first kappa shape index (κ1) is 17.9. The first-order valence-corrected chi connectivity index (χ1v) is 9.78. The van der Waals surface area contributed by atoms with Crippen molar-refractivity contribution in [3.63, 3.8) is 0 Å². The van der Waals surface area contributed by atoms with E-state index in [1.165, 1.54) is 4.90 Å². The highest BCUT2D eigenvalue weighted by Gasteiger charge is 2.49. The number of carbonyl (C=O) groups is 1. The van der Waals surface area contributed by atoms with Gasteiger partial charge in [-0.25, -0.2) is 4.79 Å². The molecule has 0 spiro atoms. The number of rotatable bonds is 6. The molecule has 0 aliphatic carbocycles. The lowest BCUT2D eigenvalue weighted by Crippen LogP contribution is -2.37. The second kappa shape index (κ2) is 6.93. The van der Waals surface area contributed by atoms with E-state index >= 15 is 0 Å². The van der Waals surface area contributed by atoms with E-state index in [1.54, 1.807) is 0 Å². The van der Waals surface area contributed by atoms with E-state index in [-0.39, 0.29) is 19.2 Å². The fraction of sp³-hybridized carbons (Fsp3) is 0.278. The van der Waals surface area contributed by atoms with Crippen LogP contribution >= 0.6 is 0 Å². The third kappa shape index (κ3) is 3.54. The maximum absolute atomic E-state index is 12.7. The van der Waals surface area contributed by atoms with Crippen molar-refractivity contribution in [2.45, 2.75) is 18.7 Å². The van der Waals surface area contributed by atoms with Gasteiger partial charge in [0.15, 0.2) is 0 Å². The van der Waals surface area contributed by atoms with Gasteiger partial charge in [0.2, 0.25) is 0 Å². The van der Waals surface area contributed by atoms with Crippen LogP contribution in [0.2, 0.25) is 0 Å². The highest BCUT2D eigenvalue weighted by Crippen LogP contribution is 2.44. The molecule has 0 aromatic heterocycles. The van der Waals surface area contributed by atoms with Gasteiger partial charge >= 0.3 is 16.4 Å². The van der Waals surface area contributed by atoms with Gasteiger partial charge in [-0.3, -0.25) is 4.55 Å². The van der Waals surface area contributed by atoms with Crippen molar-refractivity contribution < 1.29 is 26.8 Å². The lowest BCUT2D eigenvalue weighted by atomic mass is 9.91. The SMILES string of the molecule is O=C1N2C[C@@H](c3ccccc3[C@@H]2COCc2ccccc2)N1OS(=O)(=O)O. The van der Waals surface area contributed by atoms with Crippen LogP contribution in [0.25, 0.3) is 0 Å². The third-order valence-corrected chi connectivity index (χ3v) is 5.09. The predicted molar refractivity (Wildman–Crippen MR) is 94.6 cm³/mol. The highest BCUT2D eigenvalue weighted by molar-refractivity contribution is 7.80. The van der Waals surface area contributed by atoms with E-state index in [4.69, 9.17) is 9.29 Å². The molecule has 4 rings (SSSR count). The number of hydroxylamine groups is 2. The lowest BCUT2D eigenvalue weighted by molar-refractivity contribution is -0.0318. The summed E-state index contributed by atoms with van der Waals surface area (Å²) in [5, 5.41) is 0.714. The zero-order valence-electron chi connectivity index (χ0n) is 14.3. The molecule has 1 fully saturated rings. The molecular formula is C18H18N2O6S. The molecule has 9 heteroatoms. The van der Waals surface area contributed by atoms with Crippen LogP contribution in [-0.4, -0.2) is 42.1 Å². The Balaban J connectivity index is 1.57. The third-order valence-electron chi connectivity index (χ3n) is 4.74. The molecule has 142 valence electrons. The van der Waals surface area contributed by atoms with Crippen molar-refractivity contribution in [2.24, 2.45) is 0 Å². The summed E-state index contributed by atoms with van der Waals surface area (Å²) in [6.07, 6.45) is 0. The van der Waals surface area contributed by atoms with Crippen LogP contribution in [0.1, 0.15) is 28.8 Å². The summed E-state index contributed by atoms with van der Waals surface area (Å²) < 4.78 is 41.7. The first-order chi connectivity index (χ1) is 12.9. The average molecular weight is 390 g/mol. The van der Waals surface area contributed by atoms with Gasteiger partial charge in [0.25, 0.3) is 0 Å². The molecule has 2 aliphatic rings. The Morgan fingerprint density at radius 2 is 1.70 bits per heavy atom. The standard InChI is InChI=1S/C18H18N2O6S/c21-18-19-10-16(20(18)26-27(22,23)24)14-8-4-5-9-15(14)17(19)12-25-11-13-6-2-1-3-7-13/h1-9,16-17H,10-12H2,(H,22,23,24)/t16-,17-/m0/s1. The summed E-state index contributed by atoms with van der Waals surface area (Å²) in [4.78, 5) is 14.2. The fourth-order valence-corrected chi connectivity index (χ4v) is 3.97. The zero-order chi connectivity index (χ0) is 19.0. The summed E-state index contributed by atoms with van der Waals surface area (Å²) in [6, 6.07) is 15.4. The van der Waals surface area contributed by atoms with E-state index in [2.05, 4.69) is 4.28 Å². The summed E-state index contributed by atoms with van der Waals surface area (Å²) in [5.41, 5.74) is 2.66. The smallest absolute Gasteiger partial charge is 0.374 e. The molecule has 2 amide bonds. The predicted octanol–water partition coefficient (Wildman–Crippen LogP) is 2.47. The van der Waals surface area contributed by atoms with E-state index in [1.807, 2.05) is 54.6 Å². The topological polar surface area (TPSA) is 96.4 Å². The maximum Gasteiger partial charge on any atom is 0.418 e. The van der Waals surface area contributed by atoms with Gasteiger partial charge in [-0.05, 0) is 16.7 Å². The van der Waals surface area contributed by atoms with E-state index in [0.29, 0.717) is 11.7 Å². The van der Waals surface area contributed by atoms with E-state index < -0.39 is 22.5 Å². The molecule has 1 saturated heterocycles. The normalized spacial score (nSPS) is 21.4. The van der Waals surface area contributed by atoms with Gasteiger partial charge in [0.05, 0.1) is 25.8 Å². The zero-order valence-corrected chi connectivity index (χ0v) is 15.1. The number of ether oxygens (including phenoxy) is 1. The molecule has 27 heavy (non-hydrogen) atoms. The Labute approximate surface area is 156 Å². The second-order valence-corrected chi connectivity index (χ2v) is 7.43. The van der Waals surface area contributed by atoms with Gasteiger partial charge in [0.1, 0.15) is 6.04 Å². The van der Waals surface area contributed by atoms with Gasteiger partial charge < -0.3 is 9.64 Å². The molecule has 2 heterocycles. The maximum atomic E-state index is 12.7. The molecule has 1 N–H and O–H groups in total. The minimum atomic E-state index is -4.80. The van der Waals surface area contributed by atoms with Crippen molar-refractivity contribution in [1.29, 1.82) is 0 Å². The van der Waals surface area contributed by atoms with Crippen LogP contribution < -0.4 is 0 Å². The second-order valence-electron chi connectivity index (χ2n) is 6.42. The van der Waals surface area contributed by atoms with Crippen LogP contribution in [0.15, 0.2) is 54.6 Å². The Morgan fingerprint density at radius 3 is 2.41 bits per heavy atom. The largest absolute Gasteiger partial charge is 0.418 e. The van der Waals surface area contributed by atoms with Crippen LogP contribution in [0.4, 0.5) is 4.79 Å².